The Kier molecular flexibility index (Phi) is 3.04. The van der Waals surface area contributed by atoms with Crippen LogP contribution in [0.25, 0.3) is 0 Å². The zero-order valence-corrected chi connectivity index (χ0v) is 10.8. The van der Waals surface area contributed by atoms with E-state index in [1.807, 2.05) is 0 Å². The standard InChI is InChI=1S/C14H19N3O/c1-9(18)16-14-10-4-2-3-5-12(10)17-13-6-7-15-8-11(13)14/h15H,2-8H2,1H3,(H,16,17,18). The summed E-state index contributed by atoms with van der Waals surface area (Å²) in [5, 5.41) is 6.41. The number of carbonyl (C=O) groups is 1. The topological polar surface area (TPSA) is 54.0 Å². The fourth-order valence-corrected chi connectivity index (χ4v) is 2.98. The molecule has 0 atom stereocenters. The first-order valence-electron chi connectivity index (χ1n) is 6.77. The van der Waals surface area contributed by atoms with Gasteiger partial charge < -0.3 is 10.6 Å². The summed E-state index contributed by atoms with van der Waals surface area (Å²) in [6.45, 7) is 3.39. The maximum atomic E-state index is 11.4. The molecule has 96 valence electrons. The van der Waals surface area contributed by atoms with Crippen LogP contribution >= 0.6 is 0 Å². The molecule has 1 aromatic rings. The highest BCUT2D eigenvalue weighted by atomic mass is 16.1. The van der Waals surface area contributed by atoms with Gasteiger partial charge in [0.2, 0.25) is 5.91 Å². The van der Waals surface area contributed by atoms with Crippen LogP contribution in [0.3, 0.4) is 0 Å². The van der Waals surface area contributed by atoms with Crippen molar-refractivity contribution in [3.63, 3.8) is 0 Å². The molecule has 1 aliphatic heterocycles. The van der Waals surface area contributed by atoms with Crippen LogP contribution in [-0.4, -0.2) is 17.4 Å². The minimum Gasteiger partial charge on any atom is -0.326 e. The van der Waals surface area contributed by atoms with Crippen LogP contribution in [0.5, 0.6) is 0 Å². The van der Waals surface area contributed by atoms with Crippen LogP contribution in [-0.2, 0) is 30.6 Å². The summed E-state index contributed by atoms with van der Waals surface area (Å²) in [4.78, 5) is 16.3. The van der Waals surface area contributed by atoms with Gasteiger partial charge >= 0.3 is 0 Å². The van der Waals surface area contributed by atoms with E-state index >= 15 is 0 Å². The molecule has 0 radical (unpaired) electrons. The van der Waals surface area contributed by atoms with E-state index in [9.17, 15) is 4.79 Å². The summed E-state index contributed by atoms with van der Waals surface area (Å²) in [6.07, 6.45) is 5.49. The Morgan fingerprint density at radius 3 is 2.78 bits per heavy atom. The lowest BCUT2D eigenvalue weighted by Gasteiger charge is -2.26. The summed E-state index contributed by atoms with van der Waals surface area (Å²) in [7, 11) is 0. The maximum Gasteiger partial charge on any atom is 0.221 e. The van der Waals surface area contributed by atoms with E-state index in [-0.39, 0.29) is 5.91 Å². The van der Waals surface area contributed by atoms with Crippen LogP contribution in [0.1, 0.15) is 42.3 Å². The van der Waals surface area contributed by atoms with Crippen LogP contribution in [0, 0.1) is 0 Å². The lowest BCUT2D eigenvalue weighted by molar-refractivity contribution is -0.114. The predicted octanol–water partition coefficient (Wildman–Crippen LogP) is 1.56. The molecule has 0 fully saturated rings. The number of hydrogen-bond donors (Lipinski definition) is 2. The second kappa shape index (κ2) is 4.69. The minimum atomic E-state index is 0.0155. The van der Waals surface area contributed by atoms with Gasteiger partial charge in [0, 0.05) is 43.4 Å². The zero-order chi connectivity index (χ0) is 12.5. The van der Waals surface area contributed by atoms with Gasteiger partial charge in [0.15, 0.2) is 0 Å². The third-order valence-electron chi connectivity index (χ3n) is 3.80. The number of amides is 1. The number of pyridine rings is 1. The Labute approximate surface area is 107 Å². The molecule has 0 bridgehead atoms. The van der Waals surface area contributed by atoms with E-state index in [0.717, 1.165) is 38.0 Å². The molecule has 0 unspecified atom stereocenters. The number of nitrogens with zero attached hydrogens (tertiary/aromatic N) is 1. The van der Waals surface area contributed by atoms with Gasteiger partial charge in [-0.15, -0.1) is 0 Å². The van der Waals surface area contributed by atoms with E-state index < -0.39 is 0 Å². The molecule has 0 saturated heterocycles. The third-order valence-corrected chi connectivity index (χ3v) is 3.80. The van der Waals surface area contributed by atoms with Crippen molar-refractivity contribution in [3.05, 3.63) is 22.5 Å². The number of nitrogens with one attached hydrogen (secondary N) is 2. The smallest absolute Gasteiger partial charge is 0.221 e. The lowest BCUT2D eigenvalue weighted by atomic mass is 9.90. The third kappa shape index (κ3) is 2.01. The summed E-state index contributed by atoms with van der Waals surface area (Å²) in [6, 6.07) is 0. The molecule has 1 aromatic heterocycles. The van der Waals surface area contributed by atoms with Gasteiger partial charge in [0.05, 0.1) is 5.69 Å². The largest absolute Gasteiger partial charge is 0.326 e. The molecule has 2 aliphatic rings. The van der Waals surface area contributed by atoms with Crippen molar-refractivity contribution in [2.45, 2.75) is 45.6 Å². The second-order valence-electron chi connectivity index (χ2n) is 5.15. The van der Waals surface area contributed by atoms with Crippen LogP contribution in [0.4, 0.5) is 5.69 Å². The summed E-state index contributed by atoms with van der Waals surface area (Å²) < 4.78 is 0. The van der Waals surface area contributed by atoms with Crippen molar-refractivity contribution in [1.29, 1.82) is 0 Å². The average molecular weight is 245 g/mol. The molecule has 4 heteroatoms. The minimum absolute atomic E-state index is 0.0155. The van der Waals surface area contributed by atoms with Gasteiger partial charge in [-0.1, -0.05) is 0 Å². The first-order chi connectivity index (χ1) is 8.75. The Hall–Kier alpha value is -1.42. The lowest BCUT2D eigenvalue weighted by Crippen LogP contribution is -2.28. The van der Waals surface area contributed by atoms with Crippen molar-refractivity contribution >= 4 is 11.6 Å². The highest BCUT2D eigenvalue weighted by Gasteiger charge is 2.23. The molecule has 2 N–H and O–H groups in total. The van der Waals surface area contributed by atoms with Crippen molar-refractivity contribution in [1.82, 2.24) is 10.3 Å². The maximum absolute atomic E-state index is 11.4. The van der Waals surface area contributed by atoms with Gasteiger partial charge in [-0.2, -0.15) is 0 Å². The van der Waals surface area contributed by atoms with Crippen LogP contribution in [0.2, 0.25) is 0 Å². The van der Waals surface area contributed by atoms with Gasteiger partial charge in [0.1, 0.15) is 0 Å². The molecule has 1 aliphatic carbocycles. The fraction of sp³-hybridized carbons (Fsp3) is 0.571. The van der Waals surface area contributed by atoms with E-state index in [1.165, 1.54) is 35.4 Å². The van der Waals surface area contributed by atoms with E-state index in [1.54, 1.807) is 6.92 Å². The molecule has 4 nitrogen and oxygen atoms in total. The number of hydrogen-bond acceptors (Lipinski definition) is 3. The second-order valence-corrected chi connectivity index (χ2v) is 5.15. The van der Waals surface area contributed by atoms with Crippen molar-refractivity contribution < 1.29 is 4.79 Å². The molecule has 1 amide bonds. The molecule has 18 heavy (non-hydrogen) atoms. The number of rotatable bonds is 1. The summed E-state index contributed by atoms with van der Waals surface area (Å²) in [5.74, 6) is 0.0155. The molecular weight excluding hydrogens is 226 g/mol. The number of anilines is 1. The Morgan fingerprint density at radius 2 is 1.94 bits per heavy atom. The summed E-state index contributed by atoms with van der Waals surface area (Å²) in [5.41, 5.74) is 5.93. The quantitative estimate of drug-likeness (QED) is 0.789. The van der Waals surface area contributed by atoms with Crippen molar-refractivity contribution in [2.75, 3.05) is 11.9 Å². The average Bonchev–Trinajstić information content (AvgIpc) is 2.38. The van der Waals surface area contributed by atoms with E-state index in [0.29, 0.717) is 0 Å². The van der Waals surface area contributed by atoms with E-state index in [4.69, 9.17) is 4.98 Å². The number of carbonyl (C=O) groups excluding carboxylic acids is 1. The number of aryl methyl sites for hydroxylation is 1. The molecular formula is C14H19N3O. The van der Waals surface area contributed by atoms with Gasteiger partial charge in [-0.25, -0.2) is 0 Å². The predicted molar refractivity (Wildman–Crippen MR) is 70.6 cm³/mol. The van der Waals surface area contributed by atoms with Crippen LogP contribution < -0.4 is 10.6 Å². The molecule has 0 aromatic carbocycles. The Morgan fingerprint density at radius 1 is 1.17 bits per heavy atom. The first kappa shape index (κ1) is 11.7. The van der Waals surface area contributed by atoms with Crippen molar-refractivity contribution in [2.24, 2.45) is 0 Å². The molecule has 2 heterocycles. The van der Waals surface area contributed by atoms with E-state index in [2.05, 4.69) is 10.6 Å². The monoisotopic (exact) mass is 245 g/mol. The van der Waals surface area contributed by atoms with Gasteiger partial charge in [-0.3, -0.25) is 9.78 Å². The van der Waals surface area contributed by atoms with Gasteiger partial charge in [0.25, 0.3) is 0 Å². The molecule has 0 saturated carbocycles. The highest BCUT2D eigenvalue weighted by molar-refractivity contribution is 5.91. The molecule has 3 rings (SSSR count). The van der Waals surface area contributed by atoms with Crippen LogP contribution in [0.15, 0.2) is 0 Å². The summed E-state index contributed by atoms with van der Waals surface area (Å²) >= 11 is 0. The number of fused-ring (bicyclic) bond motifs is 2. The van der Waals surface area contributed by atoms with Gasteiger partial charge in [-0.05, 0) is 31.2 Å². The van der Waals surface area contributed by atoms with Crippen molar-refractivity contribution in [3.8, 4) is 0 Å². The number of aromatic nitrogens is 1. The fourth-order valence-electron chi connectivity index (χ4n) is 2.98. The highest BCUT2D eigenvalue weighted by Crippen LogP contribution is 2.32. The SMILES string of the molecule is CC(=O)Nc1c2c(nc3c1CNCC3)CCCC2. The molecule has 0 spiro atoms. The first-order valence-corrected chi connectivity index (χ1v) is 6.77. The Bertz CT molecular complexity index is 462. The Balaban J connectivity index is 2.13. The normalized spacial score (nSPS) is 17.8. The zero-order valence-electron chi connectivity index (χ0n) is 10.8.